The second-order valence-electron chi connectivity index (χ2n) is 4.80. The zero-order chi connectivity index (χ0) is 17.7. The van der Waals surface area contributed by atoms with Gasteiger partial charge < -0.3 is 9.84 Å². The van der Waals surface area contributed by atoms with E-state index in [-0.39, 0.29) is 22.7 Å². The minimum atomic E-state index is -0.588. The number of nitrogens with zero attached hydrogens (tertiary/aromatic N) is 2. The molecule has 0 aliphatic heterocycles. The number of hydrogen-bond acceptors (Lipinski definition) is 6. The molecule has 0 aromatic heterocycles. The lowest BCUT2D eigenvalue weighted by Gasteiger charge is -2.06. The first-order chi connectivity index (χ1) is 11.4. The third kappa shape index (κ3) is 3.67. The summed E-state index contributed by atoms with van der Waals surface area (Å²) in [6.07, 6.45) is 0. The van der Waals surface area contributed by atoms with Crippen LogP contribution in [-0.2, 0) is 0 Å². The summed E-state index contributed by atoms with van der Waals surface area (Å²) in [5.74, 6) is -0.617. The number of nitro groups is 1. The molecule has 2 rings (SSSR count). The van der Waals surface area contributed by atoms with Gasteiger partial charge in [-0.05, 0) is 31.2 Å². The van der Waals surface area contributed by atoms with Crippen LogP contribution in [0.5, 0.6) is 11.5 Å². The molecule has 0 aliphatic carbocycles. The normalized spacial score (nSPS) is 11.0. The molecule has 124 valence electrons. The van der Waals surface area contributed by atoms with Crippen LogP contribution >= 0.6 is 0 Å². The first-order valence-electron chi connectivity index (χ1n) is 6.89. The molecule has 0 spiro atoms. The quantitative estimate of drug-likeness (QED) is 0.497. The molecule has 0 fully saturated rings. The number of aromatic hydroxyl groups is 1. The van der Waals surface area contributed by atoms with Crippen LogP contribution in [0.2, 0.25) is 0 Å². The maximum Gasteiger partial charge on any atom is 0.311 e. The number of carbonyl (C=O) groups excluding carboxylic acids is 1. The summed E-state index contributed by atoms with van der Waals surface area (Å²) in [4.78, 5) is 22.4. The van der Waals surface area contributed by atoms with E-state index < -0.39 is 10.8 Å². The van der Waals surface area contributed by atoms with Gasteiger partial charge in [0.05, 0.1) is 23.3 Å². The monoisotopic (exact) mass is 329 g/mol. The number of phenols is 1. The standard InChI is InChI=1S/C16H15N3O5/c1-10(11-7-8-15(24-2)13(9-11)19(22)23)17-18-16(21)12-5-3-4-6-14(12)20/h3-9,20H,1-2H3,(H,18,21)/b17-10+. The van der Waals surface area contributed by atoms with Crippen molar-refractivity contribution in [1.29, 1.82) is 0 Å². The van der Waals surface area contributed by atoms with E-state index in [0.717, 1.165) is 0 Å². The summed E-state index contributed by atoms with van der Waals surface area (Å²) < 4.78 is 4.93. The number of benzene rings is 2. The highest BCUT2D eigenvalue weighted by Crippen LogP contribution is 2.27. The lowest BCUT2D eigenvalue weighted by Crippen LogP contribution is -2.19. The van der Waals surface area contributed by atoms with Crippen LogP contribution in [0.1, 0.15) is 22.8 Å². The van der Waals surface area contributed by atoms with Crippen LogP contribution in [-0.4, -0.2) is 28.8 Å². The summed E-state index contributed by atoms with van der Waals surface area (Å²) in [5.41, 5.74) is 3.01. The predicted molar refractivity (Wildman–Crippen MR) is 87.4 cm³/mol. The third-order valence-electron chi connectivity index (χ3n) is 3.27. The van der Waals surface area contributed by atoms with Gasteiger partial charge in [0.1, 0.15) is 5.75 Å². The summed E-state index contributed by atoms with van der Waals surface area (Å²) in [5, 5.41) is 24.6. The van der Waals surface area contributed by atoms with Crippen molar-refractivity contribution in [1.82, 2.24) is 5.43 Å². The Hall–Kier alpha value is -3.42. The fraction of sp³-hybridized carbons (Fsp3) is 0.125. The van der Waals surface area contributed by atoms with Crippen LogP contribution in [0.15, 0.2) is 47.6 Å². The molecular formula is C16H15N3O5. The molecule has 2 aromatic carbocycles. The summed E-state index contributed by atoms with van der Waals surface area (Å²) in [7, 11) is 1.34. The lowest BCUT2D eigenvalue weighted by molar-refractivity contribution is -0.385. The van der Waals surface area contributed by atoms with Crippen LogP contribution in [0.3, 0.4) is 0 Å². The highest BCUT2D eigenvalue weighted by molar-refractivity contribution is 6.02. The zero-order valence-corrected chi connectivity index (χ0v) is 13.0. The van der Waals surface area contributed by atoms with E-state index in [1.165, 1.54) is 31.4 Å². The molecule has 0 saturated heterocycles. The molecule has 8 nitrogen and oxygen atoms in total. The van der Waals surface area contributed by atoms with Crippen LogP contribution < -0.4 is 10.2 Å². The number of carbonyl (C=O) groups is 1. The van der Waals surface area contributed by atoms with Crippen molar-refractivity contribution in [3.05, 3.63) is 63.7 Å². The van der Waals surface area contributed by atoms with E-state index in [1.807, 2.05) is 0 Å². The van der Waals surface area contributed by atoms with Crippen molar-refractivity contribution in [3.63, 3.8) is 0 Å². The highest BCUT2D eigenvalue weighted by atomic mass is 16.6. The number of phenolic OH excluding ortho intramolecular Hbond substituents is 1. The lowest BCUT2D eigenvalue weighted by atomic mass is 10.1. The SMILES string of the molecule is COc1ccc(/C(C)=N/NC(=O)c2ccccc2O)cc1[N+](=O)[O-]. The van der Waals surface area contributed by atoms with Crippen molar-refractivity contribution >= 4 is 17.3 Å². The van der Waals surface area contributed by atoms with Gasteiger partial charge in [-0.2, -0.15) is 5.10 Å². The highest BCUT2D eigenvalue weighted by Gasteiger charge is 2.16. The maximum absolute atomic E-state index is 12.0. The zero-order valence-electron chi connectivity index (χ0n) is 13.0. The Labute approximate surface area is 137 Å². The fourth-order valence-corrected chi connectivity index (χ4v) is 1.98. The van der Waals surface area contributed by atoms with E-state index in [2.05, 4.69) is 10.5 Å². The molecular weight excluding hydrogens is 314 g/mol. The number of methoxy groups -OCH3 is 1. The summed E-state index contributed by atoms with van der Waals surface area (Å²) in [6.45, 7) is 1.59. The number of nitrogens with one attached hydrogen (secondary N) is 1. The second-order valence-corrected chi connectivity index (χ2v) is 4.80. The van der Waals surface area contributed by atoms with Crippen LogP contribution in [0.25, 0.3) is 0 Å². The van der Waals surface area contributed by atoms with Gasteiger partial charge in [-0.1, -0.05) is 12.1 Å². The summed E-state index contributed by atoms with van der Waals surface area (Å²) in [6, 6.07) is 10.4. The van der Waals surface area contributed by atoms with E-state index in [0.29, 0.717) is 11.3 Å². The Balaban J connectivity index is 2.22. The largest absolute Gasteiger partial charge is 0.507 e. The number of amides is 1. The van der Waals surface area contributed by atoms with Crippen molar-refractivity contribution in [3.8, 4) is 11.5 Å². The average molecular weight is 329 g/mol. The van der Waals surface area contributed by atoms with Crippen LogP contribution in [0, 0.1) is 10.1 Å². The topological polar surface area (TPSA) is 114 Å². The van der Waals surface area contributed by atoms with Crippen molar-refractivity contribution in [2.24, 2.45) is 5.10 Å². The molecule has 0 aliphatic rings. The van der Waals surface area contributed by atoms with Gasteiger partial charge >= 0.3 is 5.69 Å². The Bertz CT molecular complexity index is 817. The molecule has 1 amide bonds. The van der Waals surface area contributed by atoms with Gasteiger partial charge in [-0.15, -0.1) is 0 Å². The molecule has 0 atom stereocenters. The van der Waals surface area contributed by atoms with Gasteiger partial charge in [0.25, 0.3) is 5.91 Å². The first kappa shape index (κ1) is 16.9. The van der Waals surface area contributed by atoms with E-state index in [1.54, 1.807) is 25.1 Å². The molecule has 0 unspecified atom stereocenters. The van der Waals surface area contributed by atoms with E-state index in [9.17, 15) is 20.0 Å². The van der Waals surface area contributed by atoms with Gasteiger partial charge in [-0.3, -0.25) is 14.9 Å². The smallest absolute Gasteiger partial charge is 0.311 e. The maximum atomic E-state index is 12.0. The second kappa shape index (κ2) is 7.23. The van der Waals surface area contributed by atoms with E-state index >= 15 is 0 Å². The van der Waals surface area contributed by atoms with Gasteiger partial charge in [0.2, 0.25) is 0 Å². The minimum absolute atomic E-state index is 0.0785. The molecule has 8 heteroatoms. The van der Waals surface area contributed by atoms with Gasteiger partial charge in [0.15, 0.2) is 5.75 Å². The number of hydrazone groups is 1. The average Bonchev–Trinajstić information content (AvgIpc) is 2.59. The number of nitro benzene ring substituents is 1. The Morgan fingerprint density at radius 3 is 2.62 bits per heavy atom. The molecule has 0 heterocycles. The molecule has 0 bridgehead atoms. The molecule has 2 aromatic rings. The number of hydrogen-bond donors (Lipinski definition) is 2. The predicted octanol–water partition coefficient (Wildman–Crippen LogP) is 2.46. The molecule has 0 saturated carbocycles. The Morgan fingerprint density at radius 1 is 1.29 bits per heavy atom. The number of rotatable bonds is 5. The number of para-hydroxylation sites is 1. The van der Waals surface area contributed by atoms with Crippen molar-refractivity contribution < 1.29 is 19.6 Å². The molecule has 2 N–H and O–H groups in total. The van der Waals surface area contributed by atoms with E-state index in [4.69, 9.17) is 4.74 Å². The molecule has 0 radical (unpaired) electrons. The van der Waals surface area contributed by atoms with Crippen molar-refractivity contribution in [2.75, 3.05) is 7.11 Å². The van der Waals surface area contributed by atoms with Gasteiger partial charge in [0, 0.05) is 11.6 Å². The third-order valence-corrected chi connectivity index (χ3v) is 3.27. The number of ether oxygens (including phenoxy) is 1. The Kier molecular flexibility index (Phi) is 5.10. The molecule has 24 heavy (non-hydrogen) atoms. The van der Waals surface area contributed by atoms with Gasteiger partial charge in [-0.25, -0.2) is 5.43 Å². The fourth-order valence-electron chi connectivity index (χ4n) is 1.98. The van der Waals surface area contributed by atoms with Crippen LogP contribution in [0.4, 0.5) is 5.69 Å². The minimum Gasteiger partial charge on any atom is -0.507 e. The Morgan fingerprint density at radius 2 is 2.00 bits per heavy atom. The summed E-state index contributed by atoms with van der Waals surface area (Å²) >= 11 is 0. The first-order valence-corrected chi connectivity index (χ1v) is 6.89. The van der Waals surface area contributed by atoms with Crippen molar-refractivity contribution in [2.45, 2.75) is 6.92 Å².